The number of hydrogen-bond donors (Lipinski definition) is 1. The summed E-state index contributed by atoms with van der Waals surface area (Å²) in [5.41, 5.74) is 8.13. The molecule has 3 heteroatoms. The zero-order valence-electron chi connectivity index (χ0n) is 11.6. The van der Waals surface area contributed by atoms with E-state index in [-0.39, 0.29) is 0 Å². The molecule has 2 aromatic rings. The third kappa shape index (κ3) is 2.19. The lowest BCUT2D eigenvalue weighted by Crippen LogP contribution is -2.21. The minimum absolute atomic E-state index is 0.564. The first-order valence-electron chi connectivity index (χ1n) is 7.02. The van der Waals surface area contributed by atoms with E-state index in [9.17, 15) is 0 Å². The molecular weight excluding hydrogens is 234 g/mol. The van der Waals surface area contributed by atoms with Gasteiger partial charge in [-0.15, -0.1) is 0 Å². The molecule has 1 aromatic carbocycles. The molecule has 0 radical (unpaired) electrons. The molecule has 19 heavy (non-hydrogen) atoms. The van der Waals surface area contributed by atoms with Crippen LogP contribution in [-0.2, 0) is 6.54 Å². The van der Waals surface area contributed by atoms with Crippen LogP contribution in [0.4, 0.5) is 5.82 Å². The first-order chi connectivity index (χ1) is 9.19. The predicted octanol–water partition coefficient (Wildman–Crippen LogP) is 2.79. The summed E-state index contributed by atoms with van der Waals surface area (Å²) >= 11 is 0. The molecule has 0 spiro atoms. The average Bonchev–Trinajstić information content (AvgIpc) is 2.77. The molecule has 0 bridgehead atoms. The fourth-order valence-electron chi connectivity index (χ4n) is 2.88. The molecule has 2 atom stereocenters. The number of nitrogens with two attached hydrogens (primary N) is 1. The quantitative estimate of drug-likeness (QED) is 0.897. The summed E-state index contributed by atoms with van der Waals surface area (Å²) in [5, 5.41) is 1.18. The molecule has 0 saturated carbocycles. The second-order valence-corrected chi connectivity index (χ2v) is 5.72. The molecule has 1 saturated heterocycles. The molecule has 1 aliphatic rings. The molecule has 1 aromatic heterocycles. The summed E-state index contributed by atoms with van der Waals surface area (Å²) in [4.78, 5) is 7.19. The Morgan fingerprint density at radius 3 is 2.58 bits per heavy atom. The Hall–Kier alpha value is -1.61. The van der Waals surface area contributed by atoms with Crippen molar-refractivity contribution in [3.8, 4) is 0 Å². The monoisotopic (exact) mass is 255 g/mol. The molecule has 3 nitrogen and oxygen atoms in total. The van der Waals surface area contributed by atoms with Crippen LogP contribution in [0.3, 0.4) is 0 Å². The molecule has 2 heterocycles. The van der Waals surface area contributed by atoms with Crippen LogP contribution in [0.25, 0.3) is 10.9 Å². The van der Waals surface area contributed by atoms with Crippen molar-refractivity contribution in [1.29, 1.82) is 0 Å². The van der Waals surface area contributed by atoms with E-state index in [1.807, 2.05) is 12.1 Å². The van der Waals surface area contributed by atoms with E-state index in [1.54, 1.807) is 0 Å². The lowest BCUT2D eigenvalue weighted by molar-refractivity contribution is 0.494. The van der Waals surface area contributed by atoms with E-state index in [2.05, 4.69) is 36.9 Å². The Kier molecular flexibility index (Phi) is 3.15. The Morgan fingerprint density at radius 1 is 1.21 bits per heavy atom. The van der Waals surface area contributed by atoms with Crippen LogP contribution >= 0.6 is 0 Å². The summed E-state index contributed by atoms with van der Waals surface area (Å²) in [5.74, 6) is 2.54. The van der Waals surface area contributed by atoms with Gasteiger partial charge in [-0.3, -0.25) is 0 Å². The first kappa shape index (κ1) is 12.4. The third-order valence-electron chi connectivity index (χ3n) is 4.32. The number of rotatable bonds is 2. The van der Waals surface area contributed by atoms with Crippen LogP contribution < -0.4 is 10.6 Å². The number of benzene rings is 1. The van der Waals surface area contributed by atoms with Gasteiger partial charge in [0.25, 0.3) is 0 Å². The summed E-state index contributed by atoms with van der Waals surface area (Å²) < 4.78 is 0. The molecule has 3 rings (SSSR count). The first-order valence-corrected chi connectivity index (χ1v) is 7.02. The maximum atomic E-state index is 5.89. The van der Waals surface area contributed by atoms with Crippen molar-refractivity contribution >= 4 is 16.7 Å². The van der Waals surface area contributed by atoms with Crippen molar-refractivity contribution in [2.45, 2.75) is 20.4 Å². The van der Waals surface area contributed by atoms with Crippen LogP contribution in [0.2, 0.25) is 0 Å². The van der Waals surface area contributed by atoms with Gasteiger partial charge in [-0.2, -0.15) is 0 Å². The van der Waals surface area contributed by atoms with Crippen LogP contribution in [-0.4, -0.2) is 18.1 Å². The van der Waals surface area contributed by atoms with E-state index in [0.29, 0.717) is 6.54 Å². The Bertz CT molecular complexity index is 584. The van der Waals surface area contributed by atoms with Gasteiger partial charge in [0.05, 0.1) is 5.52 Å². The smallest absolute Gasteiger partial charge is 0.129 e. The fourth-order valence-corrected chi connectivity index (χ4v) is 2.88. The van der Waals surface area contributed by atoms with Gasteiger partial charge < -0.3 is 10.6 Å². The van der Waals surface area contributed by atoms with Gasteiger partial charge in [0, 0.05) is 25.0 Å². The number of fused-ring (bicyclic) bond motifs is 1. The molecular formula is C16H21N3. The van der Waals surface area contributed by atoms with E-state index >= 15 is 0 Å². The Morgan fingerprint density at radius 2 is 1.89 bits per heavy atom. The summed E-state index contributed by atoms with van der Waals surface area (Å²) in [6.45, 7) is 7.38. The van der Waals surface area contributed by atoms with Crippen LogP contribution in [0, 0.1) is 11.8 Å². The van der Waals surface area contributed by atoms with Gasteiger partial charge in [-0.1, -0.05) is 32.0 Å². The third-order valence-corrected chi connectivity index (χ3v) is 4.32. The topological polar surface area (TPSA) is 42.1 Å². The zero-order chi connectivity index (χ0) is 13.4. The highest BCUT2D eigenvalue weighted by Crippen LogP contribution is 2.29. The van der Waals surface area contributed by atoms with Crippen molar-refractivity contribution in [3.63, 3.8) is 0 Å². The van der Waals surface area contributed by atoms with Crippen LogP contribution in [0.5, 0.6) is 0 Å². The van der Waals surface area contributed by atoms with Gasteiger partial charge in [0.2, 0.25) is 0 Å². The van der Waals surface area contributed by atoms with E-state index in [4.69, 9.17) is 10.7 Å². The fraction of sp³-hybridized carbons (Fsp3) is 0.438. The molecule has 1 fully saturated rings. The highest BCUT2D eigenvalue weighted by atomic mass is 15.2. The van der Waals surface area contributed by atoms with Crippen molar-refractivity contribution in [1.82, 2.24) is 4.98 Å². The largest absolute Gasteiger partial charge is 0.356 e. The van der Waals surface area contributed by atoms with Gasteiger partial charge in [-0.25, -0.2) is 4.98 Å². The van der Waals surface area contributed by atoms with Crippen molar-refractivity contribution in [2.24, 2.45) is 17.6 Å². The Balaban J connectivity index is 2.05. The van der Waals surface area contributed by atoms with Crippen LogP contribution in [0.15, 0.2) is 30.3 Å². The van der Waals surface area contributed by atoms with Crippen molar-refractivity contribution in [2.75, 3.05) is 18.0 Å². The standard InChI is InChI=1S/C16H21N3/c1-11-9-19(10-12(11)2)16-7-13(8-17)14-5-3-4-6-15(14)18-16/h3-7,11-12H,8-10,17H2,1-2H3. The number of aromatic nitrogens is 1. The molecule has 100 valence electrons. The number of para-hydroxylation sites is 1. The van der Waals surface area contributed by atoms with Gasteiger partial charge in [0.15, 0.2) is 0 Å². The molecule has 0 aliphatic carbocycles. The highest BCUT2D eigenvalue weighted by molar-refractivity contribution is 5.84. The maximum absolute atomic E-state index is 5.89. The van der Waals surface area contributed by atoms with Crippen LogP contribution in [0.1, 0.15) is 19.4 Å². The highest BCUT2D eigenvalue weighted by Gasteiger charge is 2.27. The summed E-state index contributed by atoms with van der Waals surface area (Å²) in [6, 6.07) is 10.4. The molecule has 1 aliphatic heterocycles. The normalized spacial score (nSPS) is 23.2. The minimum atomic E-state index is 0.564. The second kappa shape index (κ2) is 4.82. The molecule has 2 N–H and O–H groups in total. The lowest BCUT2D eigenvalue weighted by Gasteiger charge is -2.19. The number of nitrogens with zero attached hydrogens (tertiary/aromatic N) is 2. The SMILES string of the molecule is CC1CN(c2cc(CN)c3ccccc3n2)CC1C. The summed E-state index contributed by atoms with van der Waals surface area (Å²) in [6.07, 6.45) is 0. The van der Waals surface area contributed by atoms with Crippen molar-refractivity contribution in [3.05, 3.63) is 35.9 Å². The van der Waals surface area contributed by atoms with E-state index in [0.717, 1.165) is 36.3 Å². The number of hydrogen-bond acceptors (Lipinski definition) is 3. The minimum Gasteiger partial charge on any atom is -0.356 e. The molecule has 0 amide bonds. The van der Waals surface area contributed by atoms with E-state index < -0.39 is 0 Å². The van der Waals surface area contributed by atoms with Gasteiger partial charge in [-0.05, 0) is 29.5 Å². The number of anilines is 1. The van der Waals surface area contributed by atoms with E-state index in [1.165, 1.54) is 10.9 Å². The predicted molar refractivity (Wildman–Crippen MR) is 80.2 cm³/mol. The Labute approximate surface area is 114 Å². The number of pyridine rings is 1. The zero-order valence-corrected chi connectivity index (χ0v) is 11.6. The maximum Gasteiger partial charge on any atom is 0.129 e. The van der Waals surface area contributed by atoms with Gasteiger partial charge >= 0.3 is 0 Å². The van der Waals surface area contributed by atoms with Gasteiger partial charge in [0.1, 0.15) is 5.82 Å². The lowest BCUT2D eigenvalue weighted by atomic mass is 10.0. The molecule has 2 unspecified atom stereocenters. The second-order valence-electron chi connectivity index (χ2n) is 5.72. The van der Waals surface area contributed by atoms with Crippen molar-refractivity contribution < 1.29 is 0 Å². The average molecular weight is 255 g/mol. The summed E-state index contributed by atoms with van der Waals surface area (Å²) in [7, 11) is 0.